The van der Waals surface area contributed by atoms with E-state index in [0.717, 1.165) is 12.1 Å². The first-order valence-electron chi connectivity index (χ1n) is 9.77. The maximum Gasteiger partial charge on any atom is 0.296 e. The molecule has 34 heavy (non-hydrogen) atoms. The van der Waals surface area contributed by atoms with Crippen LogP contribution in [-0.4, -0.2) is 43.5 Å². The summed E-state index contributed by atoms with van der Waals surface area (Å²) in [6, 6.07) is 5.89. The van der Waals surface area contributed by atoms with Crippen LogP contribution in [0.1, 0.15) is 38.8 Å². The van der Waals surface area contributed by atoms with Crippen LogP contribution >= 0.6 is 0 Å². The standard InChI is InChI=1S/C21H19N3O8S2/c1-9-6-12(22)15(33(27,28)29)7-13(9)24-14-8-16(34(30,31)32)19(23)18-17(14)20(25)10-4-2-3-5-11(10)21(18)26/h2-9,13,24H,22-23H2,1H3,(H,27,28,29)(H,30,31,32)/t9-,13?/m0/s1. The lowest BCUT2D eigenvalue weighted by Crippen LogP contribution is -2.32. The van der Waals surface area contributed by atoms with Crippen molar-refractivity contribution < 1.29 is 35.5 Å². The normalized spacial score (nSPS) is 20.2. The molecule has 2 atom stereocenters. The third-order valence-corrected chi connectivity index (χ3v) is 7.52. The molecule has 0 radical (unpaired) electrons. The van der Waals surface area contributed by atoms with Gasteiger partial charge in [0.2, 0.25) is 0 Å². The zero-order valence-electron chi connectivity index (χ0n) is 17.5. The molecule has 0 heterocycles. The monoisotopic (exact) mass is 505 g/mol. The molecule has 0 aliphatic heterocycles. The van der Waals surface area contributed by atoms with E-state index in [0.29, 0.717) is 0 Å². The first kappa shape index (κ1) is 23.6. The fraction of sp³-hybridized carbons (Fsp3) is 0.143. The number of nitrogens with one attached hydrogen (secondary N) is 1. The molecule has 2 aromatic rings. The summed E-state index contributed by atoms with van der Waals surface area (Å²) in [7, 11) is -9.60. The molecule has 0 fully saturated rings. The Bertz CT molecular complexity index is 1560. The van der Waals surface area contributed by atoms with Crippen LogP contribution in [0.25, 0.3) is 0 Å². The van der Waals surface area contributed by atoms with Crippen molar-refractivity contribution in [3.8, 4) is 0 Å². The molecule has 2 aliphatic rings. The lowest BCUT2D eigenvalue weighted by Gasteiger charge is -2.29. The van der Waals surface area contributed by atoms with Crippen molar-refractivity contribution in [2.24, 2.45) is 11.7 Å². The van der Waals surface area contributed by atoms with E-state index < -0.39 is 64.8 Å². The topological polar surface area (TPSA) is 207 Å². The summed E-state index contributed by atoms with van der Waals surface area (Å²) in [5, 5.41) is 2.85. The minimum atomic E-state index is -4.92. The number of anilines is 2. The van der Waals surface area contributed by atoms with E-state index in [1.165, 1.54) is 24.3 Å². The number of carbonyl (C=O) groups is 2. The van der Waals surface area contributed by atoms with E-state index in [4.69, 9.17) is 11.5 Å². The smallest absolute Gasteiger partial charge is 0.296 e. The van der Waals surface area contributed by atoms with E-state index in [1.54, 1.807) is 13.0 Å². The lowest BCUT2D eigenvalue weighted by molar-refractivity contribution is 0.0980. The molecular weight excluding hydrogens is 486 g/mol. The summed E-state index contributed by atoms with van der Waals surface area (Å²) in [4.78, 5) is 25.2. The third-order valence-electron chi connectivity index (χ3n) is 5.70. The molecule has 1 unspecified atom stereocenters. The molecule has 178 valence electrons. The predicted octanol–water partition coefficient (Wildman–Crippen LogP) is 1.34. The lowest BCUT2D eigenvalue weighted by atomic mass is 9.82. The second kappa shape index (κ2) is 7.77. The van der Waals surface area contributed by atoms with Gasteiger partial charge < -0.3 is 16.8 Å². The first-order valence-corrected chi connectivity index (χ1v) is 12.7. The number of hydrogen-bond donors (Lipinski definition) is 5. The van der Waals surface area contributed by atoms with Gasteiger partial charge in [0.15, 0.2) is 11.6 Å². The number of benzene rings is 2. The summed E-state index contributed by atoms with van der Waals surface area (Å²) in [6.07, 6.45) is 2.46. The molecule has 0 saturated heterocycles. The number of nitrogens with two attached hydrogens (primary N) is 2. The second-order valence-corrected chi connectivity index (χ2v) is 10.7. The molecule has 2 aliphatic carbocycles. The summed E-state index contributed by atoms with van der Waals surface area (Å²) in [5.74, 6) is -1.83. The van der Waals surface area contributed by atoms with Gasteiger partial charge in [-0.1, -0.05) is 37.3 Å². The van der Waals surface area contributed by atoms with Gasteiger partial charge >= 0.3 is 0 Å². The SMILES string of the molecule is C[C@H]1C=C(N)C(S(=O)(=O)O)=CC1Nc1cc(S(=O)(=O)O)c(N)c2c1C(=O)c1ccccc1C2=O. The maximum absolute atomic E-state index is 13.3. The van der Waals surface area contributed by atoms with E-state index >= 15 is 0 Å². The largest absolute Gasteiger partial charge is 0.398 e. The number of hydrogen-bond acceptors (Lipinski definition) is 9. The minimum Gasteiger partial charge on any atom is -0.398 e. The quantitative estimate of drug-likeness (QED) is 0.252. The number of ketones is 2. The van der Waals surface area contributed by atoms with Crippen molar-refractivity contribution >= 4 is 43.2 Å². The highest BCUT2D eigenvalue weighted by Gasteiger charge is 2.37. The Morgan fingerprint density at radius 2 is 1.44 bits per heavy atom. The molecule has 4 rings (SSSR count). The number of carbonyl (C=O) groups excluding carboxylic acids is 2. The molecule has 2 aromatic carbocycles. The van der Waals surface area contributed by atoms with Crippen molar-refractivity contribution in [1.82, 2.24) is 0 Å². The molecule has 0 aromatic heterocycles. The van der Waals surface area contributed by atoms with Crippen LogP contribution in [0.2, 0.25) is 0 Å². The van der Waals surface area contributed by atoms with Gasteiger partial charge in [-0.3, -0.25) is 18.7 Å². The minimum absolute atomic E-state index is 0.0143. The van der Waals surface area contributed by atoms with Crippen molar-refractivity contribution in [2.45, 2.75) is 17.9 Å². The van der Waals surface area contributed by atoms with Crippen LogP contribution in [-0.2, 0) is 20.2 Å². The van der Waals surface area contributed by atoms with Crippen molar-refractivity contribution in [3.05, 3.63) is 75.3 Å². The molecule has 13 heteroatoms. The van der Waals surface area contributed by atoms with Crippen LogP contribution < -0.4 is 16.8 Å². The highest BCUT2D eigenvalue weighted by atomic mass is 32.2. The van der Waals surface area contributed by atoms with Gasteiger partial charge in [0.05, 0.1) is 22.9 Å². The fourth-order valence-corrected chi connectivity index (χ4v) is 5.42. The van der Waals surface area contributed by atoms with Crippen LogP contribution in [0.4, 0.5) is 11.4 Å². The van der Waals surface area contributed by atoms with Crippen molar-refractivity contribution in [2.75, 3.05) is 11.1 Å². The van der Waals surface area contributed by atoms with Gasteiger partial charge in [0.25, 0.3) is 20.2 Å². The predicted molar refractivity (Wildman–Crippen MR) is 122 cm³/mol. The molecule has 7 N–H and O–H groups in total. The number of nitrogen functional groups attached to an aromatic ring is 1. The van der Waals surface area contributed by atoms with Crippen molar-refractivity contribution in [3.63, 3.8) is 0 Å². The molecule has 0 bridgehead atoms. The second-order valence-electron chi connectivity index (χ2n) is 7.92. The highest BCUT2D eigenvalue weighted by Crippen LogP contribution is 2.40. The fourth-order valence-electron chi connectivity index (χ4n) is 4.09. The zero-order chi connectivity index (χ0) is 25.2. The highest BCUT2D eigenvalue weighted by molar-refractivity contribution is 7.90. The van der Waals surface area contributed by atoms with E-state index in [2.05, 4.69) is 5.32 Å². The van der Waals surface area contributed by atoms with Gasteiger partial charge in [-0.15, -0.1) is 0 Å². The van der Waals surface area contributed by atoms with Gasteiger partial charge in [-0.25, -0.2) is 0 Å². The van der Waals surface area contributed by atoms with Crippen LogP contribution in [0.3, 0.4) is 0 Å². The van der Waals surface area contributed by atoms with Crippen LogP contribution in [0, 0.1) is 5.92 Å². The Morgan fingerprint density at radius 1 is 0.882 bits per heavy atom. The van der Waals surface area contributed by atoms with Gasteiger partial charge in [-0.05, 0) is 12.1 Å². The Kier molecular flexibility index (Phi) is 5.40. The molecule has 0 spiro atoms. The molecule has 0 amide bonds. The third kappa shape index (κ3) is 3.77. The molecule has 11 nitrogen and oxygen atoms in total. The first-order chi connectivity index (χ1) is 15.7. The Balaban J connectivity index is 1.97. The van der Waals surface area contributed by atoms with E-state index in [-0.39, 0.29) is 28.1 Å². The average molecular weight is 506 g/mol. The Labute approximate surface area is 194 Å². The van der Waals surface area contributed by atoms with Gasteiger partial charge in [-0.2, -0.15) is 16.8 Å². The van der Waals surface area contributed by atoms with Crippen molar-refractivity contribution in [1.29, 1.82) is 0 Å². The summed E-state index contributed by atoms with van der Waals surface area (Å²) in [5.41, 5.74) is 10.1. The van der Waals surface area contributed by atoms with Crippen LogP contribution in [0.5, 0.6) is 0 Å². The maximum atomic E-state index is 13.3. The summed E-state index contributed by atoms with van der Waals surface area (Å²) < 4.78 is 66.6. The molecular formula is C21H19N3O8S2. The average Bonchev–Trinajstić information content (AvgIpc) is 2.73. The Hall–Kier alpha value is -3.52. The summed E-state index contributed by atoms with van der Waals surface area (Å²) in [6.45, 7) is 1.65. The van der Waals surface area contributed by atoms with E-state index in [1.807, 2.05) is 0 Å². The van der Waals surface area contributed by atoms with Gasteiger partial charge in [0, 0.05) is 28.4 Å². The number of rotatable bonds is 4. The number of fused-ring (bicyclic) bond motifs is 2. The molecule has 0 saturated carbocycles. The summed E-state index contributed by atoms with van der Waals surface area (Å²) >= 11 is 0. The van der Waals surface area contributed by atoms with Gasteiger partial charge in [0.1, 0.15) is 9.80 Å². The zero-order valence-corrected chi connectivity index (χ0v) is 19.1. The van der Waals surface area contributed by atoms with E-state index in [9.17, 15) is 35.5 Å². The van der Waals surface area contributed by atoms with Crippen LogP contribution in [0.15, 0.2) is 58.0 Å². The Morgan fingerprint density at radius 3 is 1.97 bits per heavy atom.